The topological polar surface area (TPSA) is 24.5 Å². The Bertz CT molecular complexity index is 193. The van der Waals surface area contributed by atoms with Crippen molar-refractivity contribution in [1.82, 2.24) is 10.2 Å². The van der Waals surface area contributed by atoms with E-state index >= 15 is 0 Å². The van der Waals surface area contributed by atoms with Gasteiger partial charge in [-0.25, -0.2) is 0 Å². The van der Waals surface area contributed by atoms with Crippen molar-refractivity contribution < 1.29 is 4.74 Å². The minimum atomic E-state index is 0.256. The van der Waals surface area contributed by atoms with Crippen LogP contribution in [0.4, 0.5) is 0 Å². The lowest BCUT2D eigenvalue weighted by molar-refractivity contribution is 0.0947. The lowest BCUT2D eigenvalue weighted by Crippen LogP contribution is -2.43. The molecular formula is C14H30N2O. The zero-order valence-corrected chi connectivity index (χ0v) is 12.1. The van der Waals surface area contributed by atoms with Crippen molar-refractivity contribution >= 4 is 0 Å². The summed E-state index contributed by atoms with van der Waals surface area (Å²) in [4.78, 5) is 2.53. The Labute approximate surface area is 107 Å². The summed E-state index contributed by atoms with van der Waals surface area (Å²) in [5.41, 5.74) is 0.256. The highest BCUT2D eigenvalue weighted by atomic mass is 16.5. The molecule has 0 saturated carbocycles. The molecule has 1 heterocycles. The van der Waals surface area contributed by atoms with E-state index in [1.165, 1.54) is 32.5 Å². The summed E-state index contributed by atoms with van der Waals surface area (Å²) < 4.78 is 5.40. The average molecular weight is 242 g/mol. The summed E-state index contributed by atoms with van der Waals surface area (Å²) in [5.74, 6) is 0.859. The van der Waals surface area contributed by atoms with Gasteiger partial charge in [0.25, 0.3) is 0 Å². The zero-order chi connectivity index (χ0) is 12.7. The predicted octanol–water partition coefficient (Wildman–Crippen LogP) is 2.12. The normalized spacial score (nSPS) is 19.8. The Morgan fingerprint density at radius 3 is 2.41 bits per heavy atom. The molecule has 0 spiro atoms. The highest BCUT2D eigenvalue weighted by Gasteiger charge is 2.20. The Morgan fingerprint density at radius 1 is 1.24 bits per heavy atom. The van der Waals surface area contributed by atoms with Gasteiger partial charge >= 0.3 is 0 Å². The number of piperidine rings is 1. The van der Waals surface area contributed by atoms with Crippen LogP contribution in [0.3, 0.4) is 0 Å². The molecule has 0 amide bonds. The molecule has 1 saturated heterocycles. The SMILES string of the molecule is CCOCCN1CCC(CNC(C)(C)C)CC1. The number of hydrogen-bond donors (Lipinski definition) is 1. The maximum Gasteiger partial charge on any atom is 0.0593 e. The average Bonchev–Trinajstić information content (AvgIpc) is 2.27. The van der Waals surface area contributed by atoms with Gasteiger partial charge in [0.1, 0.15) is 0 Å². The van der Waals surface area contributed by atoms with Crippen LogP contribution in [-0.2, 0) is 4.74 Å². The lowest BCUT2D eigenvalue weighted by Gasteiger charge is -2.33. The van der Waals surface area contributed by atoms with Crippen LogP contribution in [0, 0.1) is 5.92 Å². The van der Waals surface area contributed by atoms with Crippen molar-refractivity contribution in [3.8, 4) is 0 Å². The predicted molar refractivity (Wildman–Crippen MR) is 73.4 cm³/mol. The fourth-order valence-corrected chi connectivity index (χ4v) is 2.20. The van der Waals surface area contributed by atoms with Gasteiger partial charge in [-0.3, -0.25) is 0 Å². The lowest BCUT2D eigenvalue weighted by atomic mass is 9.95. The van der Waals surface area contributed by atoms with Gasteiger partial charge in [-0.05, 0) is 66.1 Å². The van der Waals surface area contributed by atoms with E-state index < -0.39 is 0 Å². The van der Waals surface area contributed by atoms with Crippen LogP contribution in [0.1, 0.15) is 40.5 Å². The summed E-state index contributed by atoms with van der Waals surface area (Å²) >= 11 is 0. The molecule has 0 bridgehead atoms. The number of likely N-dealkylation sites (tertiary alicyclic amines) is 1. The zero-order valence-electron chi connectivity index (χ0n) is 12.1. The highest BCUT2D eigenvalue weighted by molar-refractivity contribution is 4.77. The second kappa shape index (κ2) is 7.34. The first-order chi connectivity index (χ1) is 8.01. The number of hydrogen-bond acceptors (Lipinski definition) is 3. The van der Waals surface area contributed by atoms with Crippen molar-refractivity contribution in [3.63, 3.8) is 0 Å². The van der Waals surface area contributed by atoms with E-state index in [1.807, 2.05) is 0 Å². The quantitative estimate of drug-likeness (QED) is 0.722. The van der Waals surface area contributed by atoms with Crippen molar-refractivity contribution in [3.05, 3.63) is 0 Å². The summed E-state index contributed by atoms with van der Waals surface area (Å²) in [7, 11) is 0. The van der Waals surface area contributed by atoms with Gasteiger partial charge in [0.2, 0.25) is 0 Å². The Morgan fingerprint density at radius 2 is 1.88 bits per heavy atom. The first-order valence-electron chi connectivity index (χ1n) is 7.06. The second-order valence-corrected chi connectivity index (χ2v) is 6.11. The van der Waals surface area contributed by atoms with Crippen LogP contribution in [0.5, 0.6) is 0 Å². The molecule has 1 fully saturated rings. The number of rotatable bonds is 6. The summed E-state index contributed by atoms with van der Waals surface area (Å²) in [5, 5.41) is 3.62. The minimum absolute atomic E-state index is 0.256. The molecule has 3 heteroatoms. The second-order valence-electron chi connectivity index (χ2n) is 6.11. The molecule has 0 aromatic carbocycles. The maximum atomic E-state index is 5.40. The standard InChI is InChI=1S/C14H30N2O/c1-5-17-11-10-16-8-6-13(7-9-16)12-15-14(2,3)4/h13,15H,5-12H2,1-4H3. The van der Waals surface area contributed by atoms with Crippen LogP contribution in [0.2, 0.25) is 0 Å². The third-order valence-electron chi connectivity index (χ3n) is 3.38. The van der Waals surface area contributed by atoms with E-state index in [9.17, 15) is 0 Å². The van der Waals surface area contributed by atoms with Gasteiger partial charge in [0.15, 0.2) is 0 Å². The third-order valence-corrected chi connectivity index (χ3v) is 3.38. The van der Waals surface area contributed by atoms with Crippen molar-refractivity contribution in [2.45, 2.75) is 46.1 Å². The molecule has 0 aliphatic carbocycles. The van der Waals surface area contributed by atoms with Crippen molar-refractivity contribution in [1.29, 1.82) is 0 Å². The number of ether oxygens (including phenoxy) is 1. The van der Waals surface area contributed by atoms with Crippen LogP contribution >= 0.6 is 0 Å². The number of nitrogens with zero attached hydrogens (tertiary/aromatic N) is 1. The van der Waals surface area contributed by atoms with Crippen molar-refractivity contribution in [2.75, 3.05) is 39.4 Å². The van der Waals surface area contributed by atoms with Gasteiger partial charge in [-0.15, -0.1) is 0 Å². The molecule has 0 atom stereocenters. The molecule has 1 aliphatic rings. The molecule has 0 radical (unpaired) electrons. The number of nitrogens with one attached hydrogen (secondary N) is 1. The van der Waals surface area contributed by atoms with Crippen LogP contribution in [-0.4, -0.2) is 49.8 Å². The molecule has 1 N–H and O–H groups in total. The maximum absolute atomic E-state index is 5.40. The van der Waals surface area contributed by atoms with Gasteiger partial charge in [-0.2, -0.15) is 0 Å². The monoisotopic (exact) mass is 242 g/mol. The summed E-state index contributed by atoms with van der Waals surface area (Å²) in [6.45, 7) is 15.3. The van der Waals surface area contributed by atoms with Gasteiger partial charge in [0.05, 0.1) is 6.61 Å². The molecule has 3 nitrogen and oxygen atoms in total. The van der Waals surface area contributed by atoms with Crippen molar-refractivity contribution in [2.24, 2.45) is 5.92 Å². The van der Waals surface area contributed by atoms with E-state index in [0.29, 0.717) is 0 Å². The molecule has 0 aromatic rings. The first kappa shape index (κ1) is 14.9. The summed E-state index contributed by atoms with van der Waals surface area (Å²) in [6.07, 6.45) is 2.66. The van der Waals surface area contributed by atoms with E-state index in [-0.39, 0.29) is 5.54 Å². The van der Waals surface area contributed by atoms with Crippen LogP contribution < -0.4 is 5.32 Å². The third kappa shape index (κ3) is 7.02. The first-order valence-corrected chi connectivity index (χ1v) is 7.06. The van der Waals surface area contributed by atoms with E-state index in [2.05, 4.69) is 37.9 Å². The Kier molecular flexibility index (Phi) is 6.45. The smallest absolute Gasteiger partial charge is 0.0593 e. The molecule has 102 valence electrons. The summed E-state index contributed by atoms with van der Waals surface area (Å²) in [6, 6.07) is 0. The minimum Gasteiger partial charge on any atom is -0.380 e. The molecule has 1 rings (SSSR count). The van der Waals surface area contributed by atoms with Gasteiger partial charge < -0.3 is 15.0 Å². The molecule has 1 aliphatic heterocycles. The van der Waals surface area contributed by atoms with Gasteiger partial charge in [0, 0.05) is 18.7 Å². The fourth-order valence-electron chi connectivity index (χ4n) is 2.20. The Hall–Kier alpha value is -0.120. The van der Waals surface area contributed by atoms with Crippen LogP contribution in [0.25, 0.3) is 0 Å². The molecule has 0 unspecified atom stereocenters. The van der Waals surface area contributed by atoms with Crippen LogP contribution in [0.15, 0.2) is 0 Å². The largest absolute Gasteiger partial charge is 0.380 e. The highest BCUT2D eigenvalue weighted by Crippen LogP contribution is 2.17. The molecule has 0 aromatic heterocycles. The Balaban J connectivity index is 2.09. The van der Waals surface area contributed by atoms with E-state index in [1.54, 1.807) is 0 Å². The molecule has 17 heavy (non-hydrogen) atoms. The fraction of sp³-hybridized carbons (Fsp3) is 1.00. The van der Waals surface area contributed by atoms with E-state index in [4.69, 9.17) is 4.74 Å². The van der Waals surface area contributed by atoms with E-state index in [0.717, 1.165) is 25.7 Å². The molecular weight excluding hydrogens is 212 g/mol. The van der Waals surface area contributed by atoms with Gasteiger partial charge in [-0.1, -0.05) is 0 Å².